The number of anilines is 1. The fourth-order valence-corrected chi connectivity index (χ4v) is 4.96. The average Bonchev–Trinajstić information content (AvgIpc) is 3.02. The Bertz CT molecular complexity index is 1200. The minimum Gasteiger partial charge on any atom is -0.466 e. The number of amides is 1. The van der Waals surface area contributed by atoms with Crippen molar-refractivity contribution >= 4 is 17.6 Å². The highest BCUT2D eigenvalue weighted by Gasteiger charge is 2.54. The maximum atomic E-state index is 13.7. The number of likely N-dealkylation sites (N-methyl/N-ethyl adjacent to an activating group) is 1. The summed E-state index contributed by atoms with van der Waals surface area (Å²) in [5.74, 6) is -0.784. The molecule has 1 heterocycles. The van der Waals surface area contributed by atoms with E-state index < -0.39 is 11.4 Å². The Morgan fingerprint density at radius 2 is 1.53 bits per heavy atom. The highest BCUT2D eigenvalue weighted by molar-refractivity contribution is 6.13. The molecule has 3 aromatic carbocycles. The van der Waals surface area contributed by atoms with Crippen LogP contribution < -0.4 is 4.90 Å². The van der Waals surface area contributed by atoms with Gasteiger partial charge in [0, 0.05) is 24.2 Å². The van der Waals surface area contributed by atoms with Crippen molar-refractivity contribution in [1.29, 1.82) is 0 Å². The largest absolute Gasteiger partial charge is 0.466 e. The quantitative estimate of drug-likeness (QED) is 0.611. The van der Waals surface area contributed by atoms with Crippen LogP contribution in [0.25, 0.3) is 0 Å². The SMILES string of the molecule is COC(=O)C1=C[C@@]2(C(=O)N(C)c3ccccc32)c2ccccc2[C@H]1c1ccccc1. The van der Waals surface area contributed by atoms with Crippen molar-refractivity contribution in [2.75, 3.05) is 19.1 Å². The number of esters is 1. The molecule has 0 aromatic heterocycles. The number of carbonyl (C=O) groups is 2. The van der Waals surface area contributed by atoms with E-state index >= 15 is 0 Å². The number of rotatable bonds is 2. The van der Waals surface area contributed by atoms with E-state index in [0.29, 0.717) is 5.57 Å². The van der Waals surface area contributed by atoms with Crippen molar-refractivity contribution < 1.29 is 14.3 Å². The van der Waals surface area contributed by atoms with Crippen molar-refractivity contribution in [3.8, 4) is 0 Å². The van der Waals surface area contributed by atoms with Gasteiger partial charge in [0.1, 0.15) is 5.41 Å². The number of methoxy groups -OCH3 is 1. The van der Waals surface area contributed by atoms with Gasteiger partial charge >= 0.3 is 5.97 Å². The summed E-state index contributed by atoms with van der Waals surface area (Å²) in [7, 11) is 3.17. The summed E-state index contributed by atoms with van der Waals surface area (Å²) in [6, 6.07) is 25.6. The first kappa shape index (κ1) is 18.4. The van der Waals surface area contributed by atoms with Crippen LogP contribution in [0.5, 0.6) is 0 Å². The third-order valence-electron chi connectivity index (χ3n) is 6.27. The van der Waals surface area contributed by atoms with Gasteiger partial charge < -0.3 is 9.64 Å². The summed E-state index contributed by atoms with van der Waals surface area (Å²) in [5, 5.41) is 0. The molecule has 2 atom stereocenters. The van der Waals surface area contributed by atoms with Crippen LogP contribution in [0, 0.1) is 0 Å². The van der Waals surface area contributed by atoms with Gasteiger partial charge in [0.2, 0.25) is 5.91 Å². The summed E-state index contributed by atoms with van der Waals surface area (Å²) in [4.78, 5) is 28.4. The molecule has 2 aliphatic rings. The Morgan fingerprint density at radius 1 is 0.900 bits per heavy atom. The molecule has 0 N–H and O–H groups in total. The lowest BCUT2D eigenvalue weighted by atomic mass is 9.64. The van der Waals surface area contributed by atoms with Crippen LogP contribution in [0.3, 0.4) is 0 Å². The summed E-state index contributed by atoms with van der Waals surface area (Å²) >= 11 is 0. The van der Waals surface area contributed by atoms with Crippen LogP contribution in [0.1, 0.15) is 28.2 Å². The number of carbonyl (C=O) groups excluding carboxylic acids is 2. The fourth-order valence-electron chi connectivity index (χ4n) is 4.96. The monoisotopic (exact) mass is 395 g/mol. The average molecular weight is 395 g/mol. The van der Waals surface area contributed by atoms with Crippen molar-refractivity contribution in [3.05, 3.63) is 113 Å². The number of fused-ring (bicyclic) bond motifs is 4. The van der Waals surface area contributed by atoms with Crippen molar-refractivity contribution in [2.45, 2.75) is 11.3 Å². The summed E-state index contributed by atoms with van der Waals surface area (Å²) in [6.07, 6.45) is 1.84. The smallest absolute Gasteiger partial charge is 0.334 e. The van der Waals surface area contributed by atoms with Gasteiger partial charge in [-0.05, 0) is 34.4 Å². The zero-order valence-electron chi connectivity index (χ0n) is 16.8. The second-order valence-corrected chi connectivity index (χ2v) is 7.71. The Hall–Kier alpha value is -3.66. The van der Waals surface area contributed by atoms with E-state index in [9.17, 15) is 9.59 Å². The van der Waals surface area contributed by atoms with Crippen LogP contribution in [0.15, 0.2) is 90.5 Å². The molecule has 0 saturated carbocycles. The van der Waals surface area contributed by atoms with Crippen LogP contribution in [0.4, 0.5) is 5.69 Å². The van der Waals surface area contributed by atoms with Crippen LogP contribution >= 0.6 is 0 Å². The lowest BCUT2D eigenvalue weighted by molar-refractivity contribution is -0.136. The minimum atomic E-state index is -1.04. The standard InChI is InChI=1S/C26H21NO3/c1-27-22-15-9-8-14-21(22)26(25(27)29)16-19(24(28)30-2)23(17-10-4-3-5-11-17)18-12-6-7-13-20(18)26/h3-16,23H,1-2H3/t23-,26-/m1/s1. The Kier molecular flexibility index (Phi) is 4.10. The van der Waals surface area contributed by atoms with Crippen LogP contribution in [-0.4, -0.2) is 26.0 Å². The maximum Gasteiger partial charge on any atom is 0.334 e. The van der Waals surface area contributed by atoms with Gasteiger partial charge in [0.25, 0.3) is 0 Å². The van der Waals surface area contributed by atoms with Gasteiger partial charge in [-0.1, -0.05) is 72.8 Å². The van der Waals surface area contributed by atoms with Crippen LogP contribution in [0.2, 0.25) is 0 Å². The van der Waals surface area contributed by atoms with Crippen LogP contribution in [-0.2, 0) is 19.7 Å². The summed E-state index contributed by atoms with van der Waals surface area (Å²) in [6.45, 7) is 0. The summed E-state index contributed by atoms with van der Waals surface area (Å²) < 4.78 is 5.18. The Morgan fingerprint density at radius 3 is 2.27 bits per heavy atom. The molecule has 0 radical (unpaired) electrons. The fraction of sp³-hybridized carbons (Fsp3) is 0.154. The van der Waals surface area contributed by atoms with Crippen molar-refractivity contribution in [1.82, 2.24) is 0 Å². The van der Waals surface area contributed by atoms with E-state index in [1.165, 1.54) is 7.11 Å². The molecule has 0 fully saturated rings. The molecule has 5 rings (SSSR count). The lowest BCUT2D eigenvalue weighted by Crippen LogP contribution is -2.42. The van der Waals surface area contributed by atoms with E-state index in [0.717, 1.165) is 27.9 Å². The Balaban J connectivity index is 1.88. The molecule has 4 nitrogen and oxygen atoms in total. The molecule has 4 heteroatoms. The van der Waals surface area contributed by atoms with E-state index in [-0.39, 0.29) is 11.8 Å². The maximum absolute atomic E-state index is 13.7. The van der Waals surface area contributed by atoms with E-state index in [1.807, 2.05) is 84.9 Å². The first-order valence-electron chi connectivity index (χ1n) is 9.92. The predicted molar refractivity (Wildman–Crippen MR) is 115 cm³/mol. The number of hydrogen-bond donors (Lipinski definition) is 0. The number of benzene rings is 3. The third kappa shape index (κ3) is 2.34. The van der Waals surface area contributed by atoms with Crippen molar-refractivity contribution in [2.24, 2.45) is 0 Å². The lowest BCUT2D eigenvalue weighted by Gasteiger charge is -2.37. The van der Waals surface area contributed by atoms with Gasteiger partial charge in [0.15, 0.2) is 0 Å². The third-order valence-corrected chi connectivity index (χ3v) is 6.27. The highest BCUT2D eigenvalue weighted by atomic mass is 16.5. The Labute approximate surface area is 175 Å². The van der Waals surface area contributed by atoms with Gasteiger partial charge in [-0.15, -0.1) is 0 Å². The second-order valence-electron chi connectivity index (χ2n) is 7.71. The number of nitrogens with zero attached hydrogens (tertiary/aromatic N) is 1. The second kappa shape index (κ2) is 6.70. The first-order chi connectivity index (χ1) is 14.6. The van der Waals surface area contributed by atoms with Gasteiger partial charge in [-0.25, -0.2) is 4.79 Å². The van der Waals surface area contributed by atoms with Gasteiger partial charge in [-0.2, -0.15) is 0 Å². The number of para-hydroxylation sites is 1. The molecule has 0 unspecified atom stereocenters. The normalized spacial score (nSPS) is 21.8. The van der Waals surface area contributed by atoms with E-state index in [1.54, 1.807) is 11.9 Å². The summed E-state index contributed by atoms with van der Waals surface area (Å²) in [5.41, 5.74) is 4.04. The molecular weight excluding hydrogens is 374 g/mol. The number of ether oxygens (including phenoxy) is 1. The molecule has 148 valence electrons. The molecule has 0 saturated heterocycles. The first-order valence-corrected chi connectivity index (χ1v) is 9.92. The zero-order valence-corrected chi connectivity index (χ0v) is 16.8. The molecule has 1 spiro atoms. The van der Waals surface area contributed by atoms with E-state index in [2.05, 4.69) is 0 Å². The molecule has 1 aliphatic heterocycles. The topological polar surface area (TPSA) is 46.6 Å². The number of hydrogen-bond acceptors (Lipinski definition) is 3. The molecule has 0 bridgehead atoms. The molecule has 30 heavy (non-hydrogen) atoms. The van der Waals surface area contributed by atoms with Gasteiger partial charge in [0.05, 0.1) is 7.11 Å². The van der Waals surface area contributed by atoms with Crippen molar-refractivity contribution in [3.63, 3.8) is 0 Å². The zero-order chi connectivity index (χ0) is 20.9. The highest BCUT2D eigenvalue weighted by Crippen LogP contribution is 2.53. The van der Waals surface area contributed by atoms with E-state index in [4.69, 9.17) is 4.74 Å². The molecule has 3 aromatic rings. The molecule has 1 aliphatic carbocycles. The van der Waals surface area contributed by atoms with Gasteiger partial charge in [-0.3, -0.25) is 4.79 Å². The molecule has 1 amide bonds. The minimum absolute atomic E-state index is 0.0657. The molecular formula is C26H21NO3. The predicted octanol–water partition coefficient (Wildman–Crippen LogP) is 4.19.